The summed E-state index contributed by atoms with van der Waals surface area (Å²) >= 11 is 6.66. The summed E-state index contributed by atoms with van der Waals surface area (Å²) in [5, 5.41) is 38.1. The summed E-state index contributed by atoms with van der Waals surface area (Å²) in [7, 11) is 0. The molecule has 9 nitrogen and oxygen atoms in total. The minimum atomic E-state index is -1.25. The summed E-state index contributed by atoms with van der Waals surface area (Å²) < 4.78 is 6.47. The van der Waals surface area contributed by atoms with Crippen LogP contribution >= 0.6 is 31.9 Å². The van der Waals surface area contributed by atoms with Gasteiger partial charge in [-0.25, -0.2) is 9.59 Å². The Bertz CT molecular complexity index is 925. The Morgan fingerprint density at radius 2 is 1.72 bits per heavy atom. The monoisotopic (exact) mass is 535 g/mol. The van der Waals surface area contributed by atoms with Gasteiger partial charge in [0.05, 0.1) is 30.9 Å². The third kappa shape index (κ3) is 4.64. The Kier molecular flexibility index (Phi) is 8.23. The zero-order valence-corrected chi connectivity index (χ0v) is 18.5. The van der Waals surface area contributed by atoms with Gasteiger partial charge in [0.25, 0.3) is 0 Å². The van der Waals surface area contributed by atoms with Crippen molar-refractivity contribution in [2.45, 2.75) is 26.7 Å². The first-order valence-electron chi connectivity index (χ1n) is 8.40. The maximum Gasteiger partial charge on any atom is 0.359 e. The lowest BCUT2D eigenvalue weighted by Crippen LogP contribution is -2.24. The van der Waals surface area contributed by atoms with Gasteiger partial charge >= 0.3 is 11.9 Å². The zero-order chi connectivity index (χ0) is 21.7. The molecule has 0 saturated carbocycles. The minimum absolute atomic E-state index is 0.0874. The molecule has 0 aliphatic rings. The summed E-state index contributed by atoms with van der Waals surface area (Å²) in [4.78, 5) is 28.6. The van der Waals surface area contributed by atoms with E-state index in [0.29, 0.717) is 27.8 Å². The van der Waals surface area contributed by atoms with Gasteiger partial charge in [0.15, 0.2) is 5.69 Å². The van der Waals surface area contributed by atoms with E-state index >= 15 is 0 Å². The van der Waals surface area contributed by atoms with E-state index in [4.69, 9.17) is 14.7 Å². The number of ether oxygens (including phenoxy) is 1. The van der Waals surface area contributed by atoms with E-state index in [1.807, 2.05) is 0 Å². The molecule has 0 aliphatic heterocycles. The van der Waals surface area contributed by atoms with Crippen LogP contribution in [0.25, 0.3) is 11.1 Å². The first kappa shape index (κ1) is 23.4. The third-order valence-corrected chi connectivity index (χ3v) is 5.58. The molecular formula is C18H19Br2NO8. The summed E-state index contributed by atoms with van der Waals surface area (Å²) in [6, 6.07) is 3.19. The van der Waals surface area contributed by atoms with E-state index in [9.17, 15) is 24.9 Å². The number of aliphatic hydroxyl groups is 3. The van der Waals surface area contributed by atoms with Gasteiger partial charge in [0, 0.05) is 5.56 Å². The molecule has 0 amide bonds. The molecule has 2 aromatic rings. The van der Waals surface area contributed by atoms with E-state index in [1.165, 1.54) is 0 Å². The van der Waals surface area contributed by atoms with Crippen LogP contribution in [-0.2, 0) is 29.4 Å². The molecule has 1 aromatic heterocycles. The highest BCUT2D eigenvalue weighted by molar-refractivity contribution is 9.11. The smallest absolute Gasteiger partial charge is 0.359 e. The molecule has 4 N–H and O–H groups in total. The van der Waals surface area contributed by atoms with Crippen LogP contribution in [0.2, 0.25) is 0 Å². The van der Waals surface area contributed by atoms with Gasteiger partial charge in [0.2, 0.25) is 6.61 Å². The Morgan fingerprint density at radius 3 is 2.24 bits per heavy atom. The first-order valence-corrected chi connectivity index (χ1v) is 9.99. The fourth-order valence-corrected chi connectivity index (χ4v) is 4.52. The van der Waals surface area contributed by atoms with Crippen LogP contribution in [0, 0.1) is 0 Å². The number of benzene rings is 1. The summed E-state index contributed by atoms with van der Waals surface area (Å²) in [5.41, 5.74) is 1.86. The molecule has 158 valence electrons. The van der Waals surface area contributed by atoms with Crippen molar-refractivity contribution >= 4 is 43.8 Å². The predicted octanol–water partition coefficient (Wildman–Crippen LogP) is 1.85. The number of carbonyl (C=O) groups excluding carboxylic acids is 1. The van der Waals surface area contributed by atoms with E-state index in [0.717, 1.165) is 4.73 Å². The van der Waals surface area contributed by atoms with Crippen LogP contribution in [0.4, 0.5) is 0 Å². The summed E-state index contributed by atoms with van der Waals surface area (Å²) in [6.07, 6.45) is 0. The summed E-state index contributed by atoms with van der Waals surface area (Å²) in [6.45, 7) is -0.210. The van der Waals surface area contributed by atoms with Crippen molar-refractivity contribution in [2.24, 2.45) is 0 Å². The first-order chi connectivity index (χ1) is 13.8. The van der Waals surface area contributed by atoms with E-state index < -0.39 is 31.8 Å². The van der Waals surface area contributed by atoms with Crippen molar-refractivity contribution in [3.05, 3.63) is 43.6 Å². The Balaban J connectivity index is 2.78. The van der Waals surface area contributed by atoms with Crippen molar-refractivity contribution in [3.63, 3.8) is 0 Å². The van der Waals surface area contributed by atoms with Gasteiger partial charge in [-0.2, -0.15) is 4.73 Å². The average Bonchev–Trinajstić information content (AvgIpc) is 2.94. The second-order valence-electron chi connectivity index (χ2n) is 5.71. The van der Waals surface area contributed by atoms with E-state index in [2.05, 4.69) is 31.9 Å². The Morgan fingerprint density at radius 1 is 1.07 bits per heavy atom. The molecule has 0 fully saturated rings. The molecule has 1 heterocycles. The molecular weight excluding hydrogens is 518 g/mol. The van der Waals surface area contributed by atoms with Gasteiger partial charge in [-0.1, -0.05) is 12.1 Å². The average molecular weight is 537 g/mol. The predicted molar refractivity (Wildman–Crippen MR) is 108 cm³/mol. The molecule has 0 atom stereocenters. The number of halogens is 2. The number of hydrogen-bond donors (Lipinski definition) is 4. The molecule has 0 bridgehead atoms. The number of aliphatic hydroxyl groups excluding tert-OH is 3. The van der Waals surface area contributed by atoms with Crippen molar-refractivity contribution in [1.82, 2.24) is 4.73 Å². The standard InChI is InChI=1S/C18H19Br2NO8/c1-2-28-18(27)16-15(19)14(17(20)21(16)29-8-13(25)26)10-4-3-9(5-22)11(6-23)12(10)7-24/h3-4,22-24H,2,5-8H2,1H3,(H,25,26). The maximum absolute atomic E-state index is 12.5. The van der Waals surface area contributed by atoms with Crippen molar-refractivity contribution in [2.75, 3.05) is 13.2 Å². The van der Waals surface area contributed by atoms with Crippen molar-refractivity contribution < 1.29 is 39.6 Å². The normalized spacial score (nSPS) is 10.8. The van der Waals surface area contributed by atoms with Gasteiger partial charge in [-0.3, -0.25) is 0 Å². The molecule has 1 aromatic carbocycles. The second kappa shape index (κ2) is 10.2. The van der Waals surface area contributed by atoms with Gasteiger partial charge in [0.1, 0.15) is 4.60 Å². The number of carboxylic acid groups (broad SMARTS) is 1. The molecule has 2 rings (SSSR count). The maximum atomic E-state index is 12.5. The fraction of sp³-hybridized carbons (Fsp3) is 0.333. The van der Waals surface area contributed by atoms with E-state index in [-0.39, 0.29) is 28.0 Å². The molecule has 11 heteroatoms. The molecule has 29 heavy (non-hydrogen) atoms. The number of esters is 1. The Labute approximate surface area is 182 Å². The summed E-state index contributed by atoms with van der Waals surface area (Å²) in [5.74, 6) is -2.00. The fourth-order valence-electron chi connectivity index (χ4n) is 2.84. The number of aromatic nitrogens is 1. The Hall–Kier alpha value is -1.92. The number of rotatable bonds is 9. The highest BCUT2D eigenvalue weighted by Gasteiger charge is 2.30. The SMILES string of the molecule is CCOC(=O)c1c(Br)c(-c2ccc(CO)c(CO)c2CO)c(Br)n1OCC(=O)O. The second-order valence-corrected chi connectivity index (χ2v) is 7.26. The molecule has 0 radical (unpaired) electrons. The number of hydrogen-bond acceptors (Lipinski definition) is 7. The van der Waals surface area contributed by atoms with Crippen LogP contribution < -0.4 is 4.84 Å². The largest absolute Gasteiger partial charge is 0.479 e. The number of carboxylic acids is 1. The van der Waals surface area contributed by atoms with Crippen LogP contribution in [0.5, 0.6) is 0 Å². The van der Waals surface area contributed by atoms with Crippen LogP contribution in [0.1, 0.15) is 34.1 Å². The van der Waals surface area contributed by atoms with Gasteiger partial charge < -0.3 is 30.0 Å². The topological polar surface area (TPSA) is 138 Å². The molecule has 0 aliphatic carbocycles. The highest BCUT2D eigenvalue weighted by atomic mass is 79.9. The third-order valence-electron chi connectivity index (χ3n) is 4.09. The van der Waals surface area contributed by atoms with Crippen molar-refractivity contribution in [3.8, 4) is 11.1 Å². The number of aliphatic carboxylic acids is 1. The quantitative estimate of drug-likeness (QED) is 0.356. The lowest BCUT2D eigenvalue weighted by Gasteiger charge is -2.15. The van der Waals surface area contributed by atoms with E-state index in [1.54, 1.807) is 19.1 Å². The van der Waals surface area contributed by atoms with Crippen LogP contribution in [0.15, 0.2) is 21.2 Å². The number of nitrogens with zero attached hydrogens (tertiary/aromatic N) is 1. The number of carbonyl (C=O) groups is 2. The molecule has 0 unspecified atom stereocenters. The van der Waals surface area contributed by atoms with Crippen molar-refractivity contribution in [1.29, 1.82) is 0 Å². The minimum Gasteiger partial charge on any atom is -0.479 e. The van der Waals surface area contributed by atoms with Crippen LogP contribution in [-0.4, -0.2) is 50.3 Å². The lowest BCUT2D eigenvalue weighted by molar-refractivity contribution is -0.142. The molecule has 0 saturated heterocycles. The highest BCUT2D eigenvalue weighted by Crippen LogP contribution is 2.42. The molecule has 0 spiro atoms. The zero-order valence-electron chi connectivity index (χ0n) is 15.3. The van der Waals surface area contributed by atoms with Gasteiger partial charge in [-0.15, -0.1) is 0 Å². The lowest BCUT2D eigenvalue weighted by atomic mass is 9.93. The van der Waals surface area contributed by atoms with Gasteiger partial charge in [-0.05, 0) is 61.0 Å². The van der Waals surface area contributed by atoms with Crippen LogP contribution in [0.3, 0.4) is 0 Å².